The molecule has 1 aliphatic heterocycles. The standard InChI is InChI=1S/C8H13N3O3/c9-6(12)3-1-2-4-11-5-7(13)10-8(11)14/h1-5H2,(H2,9,12)(H,10,13,14). The number of hydrogen-bond acceptors (Lipinski definition) is 3. The van der Waals surface area contributed by atoms with E-state index in [-0.39, 0.29) is 24.4 Å². The lowest BCUT2D eigenvalue weighted by atomic mass is 10.2. The highest BCUT2D eigenvalue weighted by Crippen LogP contribution is 2.02. The molecule has 1 aliphatic rings. The van der Waals surface area contributed by atoms with E-state index >= 15 is 0 Å². The van der Waals surface area contributed by atoms with Crippen LogP contribution in [0, 0.1) is 0 Å². The Hall–Kier alpha value is -1.59. The predicted octanol–water partition coefficient (Wildman–Crippen LogP) is -0.806. The maximum atomic E-state index is 11.0. The minimum Gasteiger partial charge on any atom is -0.370 e. The van der Waals surface area contributed by atoms with Gasteiger partial charge in [0.25, 0.3) is 0 Å². The Balaban J connectivity index is 2.16. The fourth-order valence-corrected chi connectivity index (χ4v) is 1.27. The summed E-state index contributed by atoms with van der Waals surface area (Å²) >= 11 is 0. The van der Waals surface area contributed by atoms with E-state index in [0.717, 1.165) is 0 Å². The largest absolute Gasteiger partial charge is 0.370 e. The van der Waals surface area contributed by atoms with Gasteiger partial charge in [-0.2, -0.15) is 0 Å². The maximum absolute atomic E-state index is 11.0. The van der Waals surface area contributed by atoms with E-state index in [1.165, 1.54) is 4.90 Å². The predicted molar refractivity (Wildman–Crippen MR) is 48.2 cm³/mol. The summed E-state index contributed by atoms with van der Waals surface area (Å²) in [5, 5.41) is 2.17. The molecule has 0 atom stereocenters. The molecule has 0 aromatic carbocycles. The van der Waals surface area contributed by atoms with Crippen LogP contribution in [-0.4, -0.2) is 35.8 Å². The molecule has 0 unspecified atom stereocenters. The number of imide groups is 1. The Morgan fingerprint density at radius 1 is 1.43 bits per heavy atom. The minimum absolute atomic E-state index is 0.120. The number of nitrogens with one attached hydrogen (secondary N) is 1. The number of primary amides is 1. The van der Waals surface area contributed by atoms with Gasteiger partial charge in [0.15, 0.2) is 0 Å². The van der Waals surface area contributed by atoms with Gasteiger partial charge in [-0.25, -0.2) is 4.79 Å². The molecule has 0 saturated carbocycles. The highest BCUT2D eigenvalue weighted by molar-refractivity contribution is 6.01. The molecule has 1 rings (SSSR count). The highest BCUT2D eigenvalue weighted by atomic mass is 16.2. The number of hydrogen-bond donors (Lipinski definition) is 2. The summed E-state index contributed by atoms with van der Waals surface area (Å²) in [4.78, 5) is 33.6. The second kappa shape index (κ2) is 4.59. The van der Waals surface area contributed by atoms with Crippen molar-refractivity contribution in [1.82, 2.24) is 10.2 Å². The van der Waals surface area contributed by atoms with Crippen molar-refractivity contribution in [2.24, 2.45) is 5.73 Å². The number of rotatable bonds is 5. The van der Waals surface area contributed by atoms with Crippen molar-refractivity contribution in [3.8, 4) is 0 Å². The fraction of sp³-hybridized carbons (Fsp3) is 0.625. The number of urea groups is 1. The van der Waals surface area contributed by atoms with Crippen LogP contribution < -0.4 is 11.1 Å². The Bertz CT molecular complexity index is 265. The molecule has 1 saturated heterocycles. The lowest BCUT2D eigenvalue weighted by Gasteiger charge is -2.11. The Morgan fingerprint density at radius 2 is 2.14 bits per heavy atom. The zero-order valence-electron chi connectivity index (χ0n) is 7.78. The van der Waals surface area contributed by atoms with Crippen molar-refractivity contribution in [2.45, 2.75) is 19.3 Å². The second-order valence-corrected chi connectivity index (χ2v) is 3.20. The van der Waals surface area contributed by atoms with E-state index in [0.29, 0.717) is 25.8 Å². The van der Waals surface area contributed by atoms with E-state index in [1.807, 2.05) is 0 Å². The van der Waals surface area contributed by atoms with Gasteiger partial charge in [0.05, 0.1) is 0 Å². The molecule has 6 nitrogen and oxygen atoms in total. The monoisotopic (exact) mass is 199 g/mol. The van der Waals surface area contributed by atoms with Crippen LogP contribution in [0.4, 0.5) is 4.79 Å². The summed E-state index contributed by atoms with van der Waals surface area (Å²) in [7, 11) is 0. The SMILES string of the molecule is NC(=O)CCCCN1CC(=O)NC1=O. The number of carbonyl (C=O) groups excluding carboxylic acids is 3. The quantitative estimate of drug-likeness (QED) is 0.448. The number of amides is 4. The molecule has 1 fully saturated rings. The third-order valence-electron chi connectivity index (χ3n) is 1.97. The highest BCUT2D eigenvalue weighted by Gasteiger charge is 2.25. The molecule has 0 spiro atoms. The van der Waals surface area contributed by atoms with Crippen LogP contribution in [0.15, 0.2) is 0 Å². The Labute approximate surface area is 81.4 Å². The van der Waals surface area contributed by atoms with Crippen molar-refractivity contribution < 1.29 is 14.4 Å². The van der Waals surface area contributed by atoms with Crippen LogP contribution >= 0.6 is 0 Å². The van der Waals surface area contributed by atoms with E-state index in [2.05, 4.69) is 5.32 Å². The van der Waals surface area contributed by atoms with Gasteiger partial charge in [-0.05, 0) is 12.8 Å². The lowest BCUT2D eigenvalue weighted by Crippen LogP contribution is -2.29. The van der Waals surface area contributed by atoms with Gasteiger partial charge < -0.3 is 10.6 Å². The number of nitrogens with two attached hydrogens (primary N) is 1. The van der Waals surface area contributed by atoms with Crippen molar-refractivity contribution >= 4 is 17.8 Å². The van der Waals surface area contributed by atoms with Crippen molar-refractivity contribution in [2.75, 3.05) is 13.1 Å². The van der Waals surface area contributed by atoms with E-state index in [1.54, 1.807) is 0 Å². The third kappa shape index (κ3) is 3.04. The molecule has 3 N–H and O–H groups in total. The van der Waals surface area contributed by atoms with Crippen LogP contribution in [0.5, 0.6) is 0 Å². The smallest absolute Gasteiger partial charge is 0.324 e. The van der Waals surface area contributed by atoms with Gasteiger partial charge in [-0.1, -0.05) is 0 Å². The Kier molecular flexibility index (Phi) is 3.44. The van der Waals surface area contributed by atoms with Crippen LogP contribution in [0.2, 0.25) is 0 Å². The molecule has 1 heterocycles. The number of nitrogens with zero attached hydrogens (tertiary/aromatic N) is 1. The van der Waals surface area contributed by atoms with Gasteiger partial charge >= 0.3 is 6.03 Å². The minimum atomic E-state index is -0.353. The molecule has 4 amide bonds. The fourth-order valence-electron chi connectivity index (χ4n) is 1.27. The van der Waals surface area contributed by atoms with Crippen LogP contribution in [0.1, 0.15) is 19.3 Å². The first-order chi connectivity index (χ1) is 6.59. The first-order valence-corrected chi connectivity index (χ1v) is 4.46. The molecule has 14 heavy (non-hydrogen) atoms. The molecule has 78 valence electrons. The first-order valence-electron chi connectivity index (χ1n) is 4.46. The third-order valence-corrected chi connectivity index (χ3v) is 1.97. The number of carbonyl (C=O) groups is 3. The topological polar surface area (TPSA) is 92.5 Å². The summed E-state index contributed by atoms with van der Waals surface area (Å²) in [5.74, 6) is -0.614. The molecular weight excluding hydrogens is 186 g/mol. The van der Waals surface area contributed by atoms with Crippen molar-refractivity contribution in [3.05, 3.63) is 0 Å². The van der Waals surface area contributed by atoms with Gasteiger partial charge in [-0.3, -0.25) is 14.9 Å². The van der Waals surface area contributed by atoms with Crippen LogP contribution in [0.25, 0.3) is 0 Å². The van der Waals surface area contributed by atoms with Gasteiger partial charge in [0, 0.05) is 13.0 Å². The molecule has 0 aromatic heterocycles. The average molecular weight is 199 g/mol. The molecule has 0 bridgehead atoms. The van der Waals surface area contributed by atoms with E-state index in [9.17, 15) is 14.4 Å². The van der Waals surface area contributed by atoms with E-state index < -0.39 is 0 Å². The summed E-state index contributed by atoms with van der Waals surface area (Å²) in [6.45, 7) is 0.611. The first kappa shape index (κ1) is 10.5. The molecular formula is C8H13N3O3. The van der Waals surface area contributed by atoms with Crippen LogP contribution in [0.3, 0.4) is 0 Å². The van der Waals surface area contributed by atoms with Crippen molar-refractivity contribution in [1.29, 1.82) is 0 Å². The van der Waals surface area contributed by atoms with Crippen molar-refractivity contribution in [3.63, 3.8) is 0 Å². The summed E-state index contributed by atoms with van der Waals surface area (Å²) in [5.41, 5.74) is 4.95. The molecule has 0 radical (unpaired) electrons. The summed E-state index contributed by atoms with van der Waals surface area (Å²) < 4.78 is 0. The molecule has 6 heteroatoms. The van der Waals surface area contributed by atoms with Gasteiger partial charge in [0.2, 0.25) is 11.8 Å². The normalized spacial score (nSPS) is 15.9. The zero-order chi connectivity index (χ0) is 10.6. The van der Waals surface area contributed by atoms with E-state index in [4.69, 9.17) is 5.73 Å². The Morgan fingerprint density at radius 3 is 2.64 bits per heavy atom. The molecule has 0 aromatic rings. The maximum Gasteiger partial charge on any atom is 0.324 e. The van der Waals surface area contributed by atoms with Gasteiger partial charge in [-0.15, -0.1) is 0 Å². The van der Waals surface area contributed by atoms with Crippen LogP contribution in [-0.2, 0) is 9.59 Å². The second-order valence-electron chi connectivity index (χ2n) is 3.20. The summed E-state index contributed by atoms with van der Waals surface area (Å²) in [6.07, 6.45) is 1.65. The van der Waals surface area contributed by atoms with Gasteiger partial charge in [0.1, 0.15) is 6.54 Å². The molecule has 0 aliphatic carbocycles. The summed E-state index contributed by atoms with van der Waals surface area (Å²) in [6, 6.07) is -0.353. The zero-order valence-corrected chi connectivity index (χ0v) is 7.78. The number of unbranched alkanes of at least 4 members (excludes halogenated alkanes) is 1. The average Bonchev–Trinajstić information content (AvgIpc) is 2.39. The lowest BCUT2D eigenvalue weighted by molar-refractivity contribution is -0.119.